The van der Waals surface area contributed by atoms with Crippen LogP contribution >= 0.6 is 11.3 Å². The lowest BCUT2D eigenvalue weighted by atomic mass is 9.92. The molecule has 6 heteroatoms. The van der Waals surface area contributed by atoms with Gasteiger partial charge in [0, 0.05) is 16.8 Å². The van der Waals surface area contributed by atoms with Gasteiger partial charge in [-0.1, -0.05) is 19.9 Å². The molecule has 104 valence electrons. The van der Waals surface area contributed by atoms with Crippen LogP contribution in [-0.4, -0.2) is 34.3 Å². The van der Waals surface area contributed by atoms with Gasteiger partial charge in [-0.15, -0.1) is 11.3 Å². The summed E-state index contributed by atoms with van der Waals surface area (Å²) in [5.74, 6) is 0.175. The number of sulfonamides is 1. The molecule has 1 heterocycles. The molecule has 1 rings (SSSR count). The Hall–Kier alpha value is -0.430. The van der Waals surface area contributed by atoms with Crippen LogP contribution in [0.1, 0.15) is 25.1 Å². The van der Waals surface area contributed by atoms with Crippen LogP contribution in [0.5, 0.6) is 0 Å². The van der Waals surface area contributed by atoms with Crippen molar-refractivity contribution >= 4 is 21.4 Å². The first kappa shape index (κ1) is 15.6. The van der Waals surface area contributed by atoms with Gasteiger partial charge in [-0.2, -0.15) is 0 Å². The highest BCUT2D eigenvalue weighted by molar-refractivity contribution is 7.89. The van der Waals surface area contributed by atoms with Gasteiger partial charge in [0.15, 0.2) is 0 Å². The molecule has 1 aromatic rings. The van der Waals surface area contributed by atoms with Crippen molar-refractivity contribution in [3.05, 3.63) is 22.4 Å². The van der Waals surface area contributed by atoms with Crippen LogP contribution in [0.25, 0.3) is 0 Å². The first-order valence-electron chi connectivity index (χ1n) is 6.03. The molecule has 0 aromatic carbocycles. The maximum Gasteiger partial charge on any atom is 0.211 e. The molecule has 2 N–H and O–H groups in total. The third-order valence-corrected chi connectivity index (χ3v) is 5.41. The second-order valence-corrected chi connectivity index (χ2v) is 7.83. The quantitative estimate of drug-likeness (QED) is 0.714. The molecular formula is C12H22N2O2S2. The molecule has 0 spiro atoms. The Bertz CT molecular complexity index is 439. The van der Waals surface area contributed by atoms with Crippen molar-refractivity contribution in [1.29, 1.82) is 0 Å². The Labute approximate surface area is 114 Å². The third kappa shape index (κ3) is 5.06. The molecule has 1 aromatic heterocycles. The van der Waals surface area contributed by atoms with Gasteiger partial charge in [0.2, 0.25) is 10.0 Å². The summed E-state index contributed by atoms with van der Waals surface area (Å²) in [6.07, 6.45) is 0.630. The van der Waals surface area contributed by atoms with Crippen molar-refractivity contribution in [2.24, 2.45) is 0 Å². The normalized spacial score (nSPS) is 12.8. The van der Waals surface area contributed by atoms with E-state index in [1.54, 1.807) is 11.3 Å². The molecule has 0 bridgehead atoms. The van der Waals surface area contributed by atoms with Crippen LogP contribution in [0.3, 0.4) is 0 Å². The zero-order valence-corrected chi connectivity index (χ0v) is 12.8. The second kappa shape index (κ2) is 6.65. The van der Waals surface area contributed by atoms with Crippen molar-refractivity contribution in [3.8, 4) is 0 Å². The van der Waals surface area contributed by atoms with Gasteiger partial charge < -0.3 is 5.32 Å². The average molecular weight is 290 g/mol. The Morgan fingerprint density at radius 1 is 1.39 bits per heavy atom. The minimum absolute atomic E-state index is 0.162. The lowest BCUT2D eigenvalue weighted by Gasteiger charge is -2.23. The van der Waals surface area contributed by atoms with E-state index in [-0.39, 0.29) is 11.2 Å². The van der Waals surface area contributed by atoms with Crippen molar-refractivity contribution in [2.45, 2.75) is 25.7 Å². The number of thiophene rings is 1. The predicted molar refractivity (Wildman–Crippen MR) is 77.7 cm³/mol. The Morgan fingerprint density at radius 2 is 2.11 bits per heavy atom. The van der Waals surface area contributed by atoms with Crippen molar-refractivity contribution in [3.63, 3.8) is 0 Å². The van der Waals surface area contributed by atoms with Crippen LogP contribution in [0.15, 0.2) is 17.5 Å². The van der Waals surface area contributed by atoms with Gasteiger partial charge in [0.05, 0.1) is 5.75 Å². The van der Waals surface area contributed by atoms with Crippen molar-refractivity contribution < 1.29 is 8.42 Å². The van der Waals surface area contributed by atoms with Gasteiger partial charge in [0.1, 0.15) is 0 Å². The minimum atomic E-state index is -3.16. The molecule has 0 atom stereocenters. The molecule has 0 aliphatic rings. The van der Waals surface area contributed by atoms with E-state index in [1.807, 2.05) is 24.6 Å². The predicted octanol–water partition coefficient (Wildman–Crippen LogP) is 1.55. The number of hydrogen-bond acceptors (Lipinski definition) is 4. The van der Waals surface area contributed by atoms with E-state index in [0.29, 0.717) is 13.0 Å². The first-order chi connectivity index (χ1) is 8.37. The fourth-order valence-corrected chi connectivity index (χ4v) is 3.65. The van der Waals surface area contributed by atoms with Gasteiger partial charge >= 0.3 is 0 Å². The van der Waals surface area contributed by atoms with Crippen molar-refractivity contribution in [2.75, 3.05) is 25.9 Å². The lowest BCUT2D eigenvalue weighted by Crippen LogP contribution is -2.37. The molecule has 4 nitrogen and oxygen atoms in total. The average Bonchev–Trinajstić information content (AvgIpc) is 2.81. The maximum absolute atomic E-state index is 11.8. The molecule has 0 fully saturated rings. The van der Waals surface area contributed by atoms with Gasteiger partial charge in [-0.25, -0.2) is 13.1 Å². The Morgan fingerprint density at radius 3 is 2.67 bits per heavy atom. The molecule has 18 heavy (non-hydrogen) atoms. The van der Waals surface area contributed by atoms with E-state index >= 15 is 0 Å². The highest BCUT2D eigenvalue weighted by Crippen LogP contribution is 2.26. The number of nitrogens with one attached hydrogen (secondary N) is 2. The third-order valence-electron chi connectivity index (χ3n) is 2.76. The maximum atomic E-state index is 11.8. The largest absolute Gasteiger partial charge is 0.320 e. The van der Waals surface area contributed by atoms with Crippen LogP contribution in [0.2, 0.25) is 0 Å². The van der Waals surface area contributed by atoms with Gasteiger partial charge in [-0.05, 0) is 31.5 Å². The topological polar surface area (TPSA) is 58.2 Å². The summed E-state index contributed by atoms with van der Waals surface area (Å²) >= 11 is 1.66. The van der Waals surface area contributed by atoms with Crippen LogP contribution in [0.4, 0.5) is 0 Å². The smallest absolute Gasteiger partial charge is 0.211 e. The molecule has 0 amide bonds. The summed E-state index contributed by atoms with van der Waals surface area (Å²) in [6.45, 7) is 5.26. The number of rotatable bonds is 8. The summed E-state index contributed by atoms with van der Waals surface area (Å²) in [5, 5.41) is 4.96. The Balaban J connectivity index is 2.49. The fraction of sp³-hybridized carbons (Fsp3) is 0.667. The summed E-state index contributed by atoms with van der Waals surface area (Å²) in [5.41, 5.74) is -0.162. The molecule has 0 aliphatic heterocycles. The van der Waals surface area contributed by atoms with Crippen LogP contribution in [0, 0.1) is 0 Å². The van der Waals surface area contributed by atoms with Gasteiger partial charge in [-0.3, -0.25) is 0 Å². The van der Waals surface area contributed by atoms with E-state index in [1.165, 1.54) is 4.88 Å². The summed E-state index contributed by atoms with van der Waals surface area (Å²) in [6, 6.07) is 4.03. The van der Waals surface area contributed by atoms with E-state index in [9.17, 15) is 8.42 Å². The Kier molecular flexibility index (Phi) is 5.78. The standard InChI is InChI=1S/C12H22N2O2S2/c1-12(2,11-6-4-8-17-11)10-14-18(15,16)9-5-7-13-3/h4,6,8,13-14H,5,7,9-10H2,1-3H3. The zero-order valence-electron chi connectivity index (χ0n) is 11.2. The van der Waals surface area contributed by atoms with Crippen LogP contribution in [-0.2, 0) is 15.4 Å². The highest BCUT2D eigenvalue weighted by atomic mass is 32.2. The zero-order chi connectivity index (χ0) is 13.6. The SMILES string of the molecule is CNCCCS(=O)(=O)NCC(C)(C)c1cccs1. The molecule has 0 saturated carbocycles. The van der Waals surface area contributed by atoms with E-state index < -0.39 is 10.0 Å². The van der Waals surface area contributed by atoms with Gasteiger partial charge in [0.25, 0.3) is 0 Å². The van der Waals surface area contributed by atoms with Crippen LogP contribution < -0.4 is 10.0 Å². The summed E-state index contributed by atoms with van der Waals surface area (Å²) in [7, 11) is -1.34. The fourth-order valence-electron chi connectivity index (χ4n) is 1.55. The molecule has 0 unspecified atom stereocenters. The minimum Gasteiger partial charge on any atom is -0.320 e. The van der Waals surface area contributed by atoms with E-state index in [2.05, 4.69) is 23.9 Å². The highest BCUT2D eigenvalue weighted by Gasteiger charge is 2.23. The second-order valence-electron chi connectivity index (χ2n) is 4.96. The molecule has 0 saturated heterocycles. The van der Waals surface area contributed by atoms with E-state index in [4.69, 9.17) is 0 Å². The molecule has 0 aliphatic carbocycles. The molecule has 0 radical (unpaired) electrons. The monoisotopic (exact) mass is 290 g/mol. The summed E-state index contributed by atoms with van der Waals surface area (Å²) in [4.78, 5) is 1.19. The van der Waals surface area contributed by atoms with Crippen molar-refractivity contribution in [1.82, 2.24) is 10.0 Å². The number of hydrogen-bond donors (Lipinski definition) is 2. The molecular weight excluding hydrogens is 268 g/mol. The summed E-state index contributed by atoms with van der Waals surface area (Å²) < 4.78 is 26.3. The van der Waals surface area contributed by atoms with E-state index in [0.717, 1.165) is 6.54 Å². The lowest BCUT2D eigenvalue weighted by molar-refractivity contribution is 0.508. The first-order valence-corrected chi connectivity index (χ1v) is 8.56.